The van der Waals surface area contributed by atoms with E-state index in [1.54, 1.807) is 32.4 Å². The van der Waals surface area contributed by atoms with E-state index in [9.17, 15) is 10.1 Å². The zero-order valence-corrected chi connectivity index (χ0v) is 12.9. The van der Waals surface area contributed by atoms with Gasteiger partial charge in [-0.1, -0.05) is 18.2 Å². The molecular weight excluding hydrogens is 296 g/mol. The first-order valence-corrected chi connectivity index (χ1v) is 6.94. The maximum absolute atomic E-state index is 10.8. The molecule has 2 aromatic rings. The molecular formula is C17H16N2O4. The largest absolute Gasteiger partial charge is 0.493 e. The summed E-state index contributed by atoms with van der Waals surface area (Å²) < 4.78 is 10.5. The van der Waals surface area contributed by atoms with Crippen LogP contribution < -0.4 is 9.47 Å². The summed E-state index contributed by atoms with van der Waals surface area (Å²) in [6, 6.07) is 13.9. The second kappa shape index (κ2) is 7.27. The lowest BCUT2D eigenvalue weighted by molar-refractivity contribution is -0.384. The van der Waals surface area contributed by atoms with Crippen molar-refractivity contribution in [3.05, 3.63) is 63.7 Å². The molecule has 0 fully saturated rings. The molecule has 0 spiro atoms. The van der Waals surface area contributed by atoms with Crippen LogP contribution in [0.1, 0.15) is 23.5 Å². The van der Waals surface area contributed by atoms with E-state index in [1.165, 1.54) is 12.1 Å². The molecule has 2 rings (SSSR count). The minimum absolute atomic E-state index is 0.0248. The molecule has 0 bridgehead atoms. The van der Waals surface area contributed by atoms with Gasteiger partial charge in [-0.05, 0) is 23.3 Å². The van der Waals surface area contributed by atoms with Gasteiger partial charge in [-0.3, -0.25) is 10.1 Å². The molecule has 0 heterocycles. The Bertz CT molecular complexity index is 735. The second-order valence-corrected chi connectivity index (χ2v) is 4.88. The molecule has 0 amide bonds. The molecule has 0 aromatic heterocycles. The van der Waals surface area contributed by atoms with Gasteiger partial charge in [-0.25, -0.2) is 0 Å². The summed E-state index contributed by atoms with van der Waals surface area (Å²) in [6.45, 7) is 0. The summed E-state index contributed by atoms with van der Waals surface area (Å²) in [6.07, 6.45) is 0.257. The first-order chi connectivity index (χ1) is 11.1. The lowest BCUT2D eigenvalue weighted by Gasteiger charge is -2.17. The van der Waals surface area contributed by atoms with Gasteiger partial charge in [-0.15, -0.1) is 0 Å². The minimum Gasteiger partial charge on any atom is -0.493 e. The number of hydrogen-bond donors (Lipinski definition) is 0. The van der Waals surface area contributed by atoms with E-state index in [4.69, 9.17) is 14.7 Å². The molecule has 0 aliphatic carbocycles. The summed E-state index contributed by atoms with van der Waals surface area (Å²) in [4.78, 5) is 10.3. The topological polar surface area (TPSA) is 85.4 Å². The third-order valence-corrected chi connectivity index (χ3v) is 3.61. The van der Waals surface area contributed by atoms with Crippen LogP contribution in [-0.4, -0.2) is 19.1 Å². The predicted octanol–water partition coefficient (Wildman–Crippen LogP) is 3.66. The normalized spacial score (nSPS) is 11.3. The summed E-state index contributed by atoms with van der Waals surface area (Å²) in [5, 5.41) is 19.9. The van der Waals surface area contributed by atoms with E-state index in [-0.39, 0.29) is 18.0 Å². The van der Waals surface area contributed by atoms with Crippen LogP contribution in [0.5, 0.6) is 11.5 Å². The number of hydrogen-bond acceptors (Lipinski definition) is 5. The standard InChI is InChI=1S/C17H16N2O4/c1-22-16-8-5-13(11-17(16)23-2)15(9-10-18)12-3-6-14(7-4-12)19(20)21/h3-8,11,15H,9H2,1-2H3. The Morgan fingerprint density at radius 2 is 1.70 bits per heavy atom. The van der Waals surface area contributed by atoms with Crippen LogP contribution in [0.15, 0.2) is 42.5 Å². The van der Waals surface area contributed by atoms with Crippen LogP contribution in [0.2, 0.25) is 0 Å². The number of rotatable bonds is 6. The Labute approximate surface area is 134 Å². The number of ether oxygens (including phenoxy) is 2. The number of nitro benzene ring substituents is 1. The Kier molecular flexibility index (Phi) is 5.15. The highest BCUT2D eigenvalue weighted by Crippen LogP contribution is 2.35. The first-order valence-electron chi connectivity index (χ1n) is 6.94. The quantitative estimate of drug-likeness (QED) is 0.600. The molecule has 1 unspecified atom stereocenters. The van der Waals surface area contributed by atoms with Crippen LogP contribution in [0, 0.1) is 21.4 Å². The van der Waals surface area contributed by atoms with E-state index >= 15 is 0 Å². The van der Waals surface area contributed by atoms with Gasteiger partial charge in [0.25, 0.3) is 5.69 Å². The first kappa shape index (κ1) is 16.3. The van der Waals surface area contributed by atoms with Gasteiger partial charge < -0.3 is 9.47 Å². The van der Waals surface area contributed by atoms with E-state index in [0.717, 1.165) is 11.1 Å². The summed E-state index contributed by atoms with van der Waals surface area (Å²) in [7, 11) is 3.10. The summed E-state index contributed by atoms with van der Waals surface area (Å²) in [5.74, 6) is 0.992. The Balaban J connectivity index is 2.42. The Morgan fingerprint density at radius 1 is 1.09 bits per heavy atom. The molecule has 0 saturated heterocycles. The van der Waals surface area contributed by atoms with Crippen molar-refractivity contribution >= 4 is 5.69 Å². The average molecular weight is 312 g/mol. The monoisotopic (exact) mass is 312 g/mol. The number of nitro groups is 1. The number of benzene rings is 2. The average Bonchev–Trinajstić information content (AvgIpc) is 2.59. The van der Waals surface area contributed by atoms with Gasteiger partial charge in [0.1, 0.15) is 0 Å². The van der Waals surface area contributed by atoms with Crippen molar-refractivity contribution in [3.8, 4) is 17.6 Å². The number of nitrogens with zero attached hydrogens (tertiary/aromatic N) is 2. The second-order valence-electron chi connectivity index (χ2n) is 4.88. The highest BCUT2D eigenvalue weighted by atomic mass is 16.6. The fraction of sp³-hybridized carbons (Fsp3) is 0.235. The fourth-order valence-corrected chi connectivity index (χ4v) is 2.42. The van der Waals surface area contributed by atoms with Crippen molar-refractivity contribution in [2.24, 2.45) is 0 Å². The van der Waals surface area contributed by atoms with Gasteiger partial charge in [0.2, 0.25) is 0 Å². The molecule has 2 aromatic carbocycles. The minimum atomic E-state index is -0.445. The van der Waals surface area contributed by atoms with Crippen LogP contribution in [-0.2, 0) is 0 Å². The SMILES string of the molecule is COc1ccc(C(CC#N)c2ccc([N+](=O)[O-])cc2)cc1OC. The van der Waals surface area contributed by atoms with E-state index < -0.39 is 4.92 Å². The highest BCUT2D eigenvalue weighted by Gasteiger charge is 2.17. The molecule has 0 aliphatic rings. The van der Waals surface area contributed by atoms with Crippen LogP contribution in [0.3, 0.4) is 0 Å². The lowest BCUT2D eigenvalue weighted by Crippen LogP contribution is -2.02. The third kappa shape index (κ3) is 3.58. The van der Waals surface area contributed by atoms with Gasteiger partial charge in [0.15, 0.2) is 11.5 Å². The summed E-state index contributed by atoms with van der Waals surface area (Å²) >= 11 is 0. The highest BCUT2D eigenvalue weighted by molar-refractivity contribution is 5.47. The van der Waals surface area contributed by atoms with Crippen molar-refractivity contribution < 1.29 is 14.4 Å². The molecule has 6 heteroatoms. The smallest absolute Gasteiger partial charge is 0.269 e. The zero-order valence-electron chi connectivity index (χ0n) is 12.9. The molecule has 0 saturated carbocycles. The van der Waals surface area contributed by atoms with Crippen molar-refractivity contribution in [2.75, 3.05) is 14.2 Å². The van der Waals surface area contributed by atoms with Gasteiger partial charge >= 0.3 is 0 Å². The number of non-ortho nitro benzene ring substituents is 1. The molecule has 118 valence electrons. The van der Waals surface area contributed by atoms with Crippen molar-refractivity contribution in [1.29, 1.82) is 5.26 Å². The van der Waals surface area contributed by atoms with Crippen molar-refractivity contribution in [1.82, 2.24) is 0 Å². The van der Waals surface area contributed by atoms with Crippen LogP contribution in [0.25, 0.3) is 0 Å². The maximum atomic E-state index is 10.8. The van der Waals surface area contributed by atoms with Gasteiger partial charge in [0, 0.05) is 24.5 Å². The lowest BCUT2D eigenvalue weighted by atomic mass is 9.88. The molecule has 0 radical (unpaired) electrons. The van der Waals surface area contributed by atoms with Crippen LogP contribution in [0.4, 0.5) is 5.69 Å². The van der Waals surface area contributed by atoms with Gasteiger partial charge in [-0.2, -0.15) is 5.26 Å². The Hall–Kier alpha value is -3.07. The molecule has 0 N–H and O–H groups in total. The van der Waals surface area contributed by atoms with Crippen molar-refractivity contribution in [3.63, 3.8) is 0 Å². The molecule has 23 heavy (non-hydrogen) atoms. The van der Waals surface area contributed by atoms with E-state index in [2.05, 4.69) is 6.07 Å². The molecule has 0 aliphatic heterocycles. The number of methoxy groups -OCH3 is 2. The van der Waals surface area contributed by atoms with Gasteiger partial charge in [0.05, 0.1) is 25.2 Å². The summed E-state index contributed by atoms with van der Waals surface area (Å²) in [5.41, 5.74) is 1.75. The maximum Gasteiger partial charge on any atom is 0.269 e. The van der Waals surface area contributed by atoms with E-state index in [1.807, 2.05) is 12.1 Å². The fourth-order valence-electron chi connectivity index (χ4n) is 2.42. The molecule has 1 atom stereocenters. The molecule has 6 nitrogen and oxygen atoms in total. The Morgan fingerprint density at radius 3 is 2.22 bits per heavy atom. The predicted molar refractivity (Wildman–Crippen MR) is 84.7 cm³/mol. The van der Waals surface area contributed by atoms with Crippen LogP contribution >= 0.6 is 0 Å². The van der Waals surface area contributed by atoms with E-state index in [0.29, 0.717) is 11.5 Å². The third-order valence-electron chi connectivity index (χ3n) is 3.61. The van der Waals surface area contributed by atoms with Crippen molar-refractivity contribution in [2.45, 2.75) is 12.3 Å². The number of nitriles is 1. The zero-order chi connectivity index (χ0) is 16.8.